The number of hydrogen-bond acceptors (Lipinski definition) is 4. The molecule has 1 fully saturated rings. The van der Waals surface area contributed by atoms with E-state index in [2.05, 4.69) is 45.1 Å². The average molecular weight is 369 g/mol. The van der Waals surface area contributed by atoms with Crippen LogP contribution in [0.3, 0.4) is 0 Å². The minimum atomic E-state index is 0.0727. The van der Waals surface area contributed by atoms with Crippen LogP contribution in [0.25, 0.3) is 22.3 Å². The van der Waals surface area contributed by atoms with Gasteiger partial charge in [0, 0.05) is 40.2 Å². The molecule has 1 aliphatic carbocycles. The highest BCUT2D eigenvalue weighted by molar-refractivity contribution is 7.08. The fourth-order valence-corrected chi connectivity index (χ4v) is 4.51. The van der Waals surface area contributed by atoms with Crippen molar-refractivity contribution in [2.75, 3.05) is 5.32 Å². The van der Waals surface area contributed by atoms with E-state index in [9.17, 15) is 4.79 Å². The molecule has 3 aromatic rings. The van der Waals surface area contributed by atoms with Crippen molar-refractivity contribution < 1.29 is 4.79 Å². The standard InChI is InChI=1S/C20H24N4OS/c1-12(21)13-2-4-14(5-3-13)20(25)24-17-6-8-22-19-16(17)10-18(23-19)15-7-9-26-11-15/h6-14H,2-5,21H2,1H3,(H2,22,23,24,25)/t12-,13-,14-/m1/s1. The van der Waals surface area contributed by atoms with Crippen molar-refractivity contribution >= 4 is 34.0 Å². The third kappa shape index (κ3) is 3.39. The Morgan fingerprint density at radius 3 is 2.85 bits per heavy atom. The van der Waals surface area contributed by atoms with Gasteiger partial charge in [0.15, 0.2) is 0 Å². The van der Waals surface area contributed by atoms with Crippen LogP contribution in [-0.4, -0.2) is 21.9 Å². The number of amides is 1. The van der Waals surface area contributed by atoms with Gasteiger partial charge in [-0.1, -0.05) is 0 Å². The van der Waals surface area contributed by atoms with Gasteiger partial charge in [0.05, 0.1) is 5.69 Å². The number of H-pyrrole nitrogens is 1. The lowest BCUT2D eigenvalue weighted by Crippen LogP contribution is -2.33. The van der Waals surface area contributed by atoms with Crippen LogP contribution < -0.4 is 11.1 Å². The Balaban J connectivity index is 1.51. The number of nitrogens with one attached hydrogen (secondary N) is 2. The molecule has 136 valence electrons. The van der Waals surface area contributed by atoms with Gasteiger partial charge in [-0.3, -0.25) is 4.79 Å². The summed E-state index contributed by atoms with van der Waals surface area (Å²) >= 11 is 1.66. The summed E-state index contributed by atoms with van der Waals surface area (Å²) in [6, 6.07) is 6.23. The first-order chi connectivity index (χ1) is 12.6. The van der Waals surface area contributed by atoms with Crippen LogP contribution >= 0.6 is 11.3 Å². The zero-order valence-electron chi connectivity index (χ0n) is 14.9. The number of hydrogen-bond donors (Lipinski definition) is 3. The second-order valence-corrected chi connectivity index (χ2v) is 8.06. The van der Waals surface area contributed by atoms with Crippen molar-refractivity contribution in [3.05, 3.63) is 35.2 Å². The second-order valence-electron chi connectivity index (χ2n) is 7.28. The van der Waals surface area contributed by atoms with Crippen LogP contribution in [0.5, 0.6) is 0 Å². The third-order valence-corrected chi connectivity index (χ3v) is 6.19. The van der Waals surface area contributed by atoms with Crippen LogP contribution in [0.2, 0.25) is 0 Å². The van der Waals surface area contributed by atoms with E-state index in [0.717, 1.165) is 53.7 Å². The van der Waals surface area contributed by atoms with Crippen LogP contribution in [0, 0.1) is 11.8 Å². The zero-order valence-corrected chi connectivity index (χ0v) is 15.7. The van der Waals surface area contributed by atoms with Gasteiger partial charge < -0.3 is 16.0 Å². The Hall–Kier alpha value is -2.18. The van der Waals surface area contributed by atoms with Gasteiger partial charge in [0.25, 0.3) is 0 Å². The van der Waals surface area contributed by atoms with Gasteiger partial charge in [-0.25, -0.2) is 4.98 Å². The molecule has 3 heterocycles. The molecular weight excluding hydrogens is 344 g/mol. The molecule has 0 saturated heterocycles. The number of anilines is 1. The summed E-state index contributed by atoms with van der Waals surface area (Å²) in [4.78, 5) is 20.5. The summed E-state index contributed by atoms with van der Waals surface area (Å²) in [7, 11) is 0. The smallest absolute Gasteiger partial charge is 0.227 e. The normalized spacial score (nSPS) is 21.6. The number of nitrogens with zero attached hydrogens (tertiary/aromatic N) is 1. The van der Waals surface area contributed by atoms with Crippen molar-refractivity contribution in [1.29, 1.82) is 0 Å². The predicted octanol–water partition coefficient (Wildman–Crippen LogP) is 4.38. The lowest BCUT2D eigenvalue weighted by molar-refractivity contribution is -0.121. The number of carbonyl (C=O) groups is 1. The quantitative estimate of drug-likeness (QED) is 0.639. The summed E-state index contributed by atoms with van der Waals surface area (Å²) in [5.41, 5.74) is 9.79. The maximum Gasteiger partial charge on any atom is 0.227 e. The van der Waals surface area contributed by atoms with Gasteiger partial charge in [-0.05, 0) is 62.1 Å². The van der Waals surface area contributed by atoms with Crippen molar-refractivity contribution in [2.45, 2.75) is 38.6 Å². The van der Waals surface area contributed by atoms with E-state index in [1.807, 2.05) is 6.07 Å². The Bertz CT molecular complexity index is 892. The monoisotopic (exact) mass is 368 g/mol. The average Bonchev–Trinajstić information content (AvgIpc) is 3.31. The lowest BCUT2D eigenvalue weighted by Gasteiger charge is -2.30. The first-order valence-corrected chi connectivity index (χ1v) is 10.1. The van der Waals surface area contributed by atoms with Crippen molar-refractivity contribution in [3.63, 3.8) is 0 Å². The summed E-state index contributed by atoms with van der Waals surface area (Å²) in [6.45, 7) is 2.07. The summed E-state index contributed by atoms with van der Waals surface area (Å²) in [6.07, 6.45) is 5.64. The van der Waals surface area contributed by atoms with Crippen LogP contribution in [0.15, 0.2) is 35.2 Å². The SMILES string of the molecule is C[C@@H](N)[C@H]1CC[C@H](C(=O)Nc2ccnc3[nH]c(-c4ccsc4)cc23)CC1. The van der Waals surface area contributed by atoms with E-state index >= 15 is 0 Å². The van der Waals surface area contributed by atoms with Crippen molar-refractivity contribution in [2.24, 2.45) is 17.6 Å². The summed E-state index contributed by atoms with van der Waals surface area (Å²) in [5.74, 6) is 0.729. The van der Waals surface area contributed by atoms with Gasteiger partial charge in [-0.15, -0.1) is 0 Å². The molecule has 4 N–H and O–H groups in total. The van der Waals surface area contributed by atoms with Gasteiger partial charge >= 0.3 is 0 Å². The molecule has 1 aliphatic rings. The first-order valence-electron chi connectivity index (χ1n) is 9.18. The Morgan fingerprint density at radius 2 is 2.15 bits per heavy atom. The van der Waals surface area contributed by atoms with E-state index in [4.69, 9.17) is 5.73 Å². The molecular formula is C20H24N4OS. The number of pyridine rings is 1. The molecule has 0 radical (unpaired) electrons. The third-order valence-electron chi connectivity index (χ3n) is 5.51. The number of carbonyl (C=O) groups excluding carboxylic acids is 1. The van der Waals surface area contributed by atoms with Crippen LogP contribution in [0.1, 0.15) is 32.6 Å². The molecule has 1 atom stereocenters. The van der Waals surface area contributed by atoms with Crippen LogP contribution in [0.4, 0.5) is 5.69 Å². The molecule has 0 aromatic carbocycles. The molecule has 0 spiro atoms. The topological polar surface area (TPSA) is 83.8 Å². The maximum atomic E-state index is 12.8. The molecule has 4 rings (SSSR count). The minimum Gasteiger partial charge on any atom is -0.339 e. The summed E-state index contributed by atoms with van der Waals surface area (Å²) < 4.78 is 0. The first kappa shape index (κ1) is 17.2. The fraction of sp³-hybridized carbons (Fsp3) is 0.400. The molecule has 0 bridgehead atoms. The van der Waals surface area contributed by atoms with E-state index in [1.54, 1.807) is 17.5 Å². The van der Waals surface area contributed by atoms with Gasteiger partial charge in [0.2, 0.25) is 5.91 Å². The highest BCUT2D eigenvalue weighted by Gasteiger charge is 2.28. The number of aromatic nitrogens is 2. The van der Waals surface area contributed by atoms with Gasteiger partial charge in [-0.2, -0.15) is 11.3 Å². The molecule has 1 saturated carbocycles. The zero-order chi connectivity index (χ0) is 18.1. The molecule has 26 heavy (non-hydrogen) atoms. The largest absolute Gasteiger partial charge is 0.339 e. The molecule has 3 aromatic heterocycles. The highest BCUT2D eigenvalue weighted by atomic mass is 32.1. The predicted molar refractivity (Wildman–Crippen MR) is 107 cm³/mol. The number of aromatic amines is 1. The molecule has 6 heteroatoms. The molecule has 5 nitrogen and oxygen atoms in total. The van der Waals surface area contributed by atoms with Crippen molar-refractivity contribution in [1.82, 2.24) is 9.97 Å². The number of rotatable bonds is 4. The highest BCUT2D eigenvalue weighted by Crippen LogP contribution is 2.33. The van der Waals surface area contributed by atoms with Gasteiger partial charge in [0.1, 0.15) is 5.65 Å². The van der Waals surface area contributed by atoms with Crippen LogP contribution in [-0.2, 0) is 4.79 Å². The Kier molecular flexibility index (Phi) is 4.78. The fourth-order valence-electron chi connectivity index (χ4n) is 3.85. The van der Waals surface area contributed by atoms with Crippen molar-refractivity contribution in [3.8, 4) is 11.3 Å². The summed E-state index contributed by atoms with van der Waals surface area (Å²) in [5, 5.41) is 8.23. The minimum absolute atomic E-state index is 0.0727. The number of thiophene rings is 1. The van der Waals surface area contributed by atoms with E-state index in [0.29, 0.717) is 5.92 Å². The van der Waals surface area contributed by atoms with E-state index in [1.165, 1.54) is 0 Å². The maximum absolute atomic E-state index is 12.8. The Morgan fingerprint density at radius 1 is 1.35 bits per heavy atom. The lowest BCUT2D eigenvalue weighted by atomic mass is 9.79. The molecule has 0 unspecified atom stereocenters. The second kappa shape index (κ2) is 7.21. The van der Waals surface area contributed by atoms with E-state index in [-0.39, 0.29) is 17.9 Å². The van der Waals surface area contributed by atoms with E-state index < -0.39 is 0 Å². The Labute approximate surface area is 157 Å². The number of nitrogens with two attached hydrogens (primary N) is 1. The number of fused-ring (bicyclic) bond motifs is 1. The molecule has 0 aliphatic heterocycles. The molecule has 1 amide bonds.